The van der Waals surface area contributed by atoms with E-state index in [1.807, 2.05) is 0 Å². The molecule has 12 heteroatoms. The average Bonchev–Trinajstić information content (AvgIpc) is 2.88. The average molecular weight is 545 g/mol. The van der Waals surface area contributed by atoms with Gasteiger partial charge >= 0.3 is 11.9 Å². The van der Waals surface area contributed by atoms with Crippen LogP contribution in [0.25, 0.3) is 22.1 Å². The second kappa shape index (κ2) is 10.7. The van der Waals surface area contributed by atoms with Gasteiger partial charge in [-0.3, -0.25) is 9.59 Å². The van der Waals surface area contributed by atoms with Crippen molar-refractivity contribution in [2.45, 2.75) is 51.5 Å². The minimum absolute atomic E-state index is 0.0183. The second-order valence-electron chi connectivity index (χ2n) is 10.00. The van der Waals surface area contributed by atoms with E-state index < -0.39 is 59.2 Å². The van der Waals surface area contributed by atoms with Crippen LogP contribution in [0.15, 0.2) is 51.9 Å². The van der Waals surface area contributed by atoms with Gasteiger partial charge in [-0.1, -0.05) is 12.1 Å². The van der Waals surface area contributed by atoms with Gasteiger partial charge in [0.1, 0.15) is 52.8 Å². The van der Waals surface area contributed by atoms with Crippen LogP contribution in [0.5, 0.6) is 17.2 Å². The number of aromatic hydroxyl groups is 1. The molecular formula is C27H28O12. The predicted octanol–water partition coefficient (Wildman–Crippen LogP) is 1.48. The SMILES string of the molecule is COC(=O)[C@H]1O[C@@H](Oc2ccc(-c3coc4cc(OC(=O)C(C)(C)C)cc(O)c4c3=O)cc2)[C@H](O)[C@@H](O)[C@@H]1O. The lowest BCUT2D eigenvalue weighted by Crippen LogP contribution is -2.61. The van der Waals surface area contributed by atoms with E-state index in [0.717, 1.165) is 13.2 Å². The molecule has 0 spiro atoms. The van der Waals surface area contributed by atoms with Crippen LogP contribution in [0.4, 0.5) is 0 Å². The molecule has 1 aromatic heterocycles. The molecule has 39 heavy (non-hydrogen) atoms. The Kier molecular flexibility index (Phi) is 7.66. The Labute approximate surface area is 221 Å². The summed E-state index contributed by atoms with van der Waals surface area (Å²) in [4.78, 5) is 37.2. The number of benzene rings is 2. The molecule has 0 amide bonds. The second-order valence-corrected chi connectivity index (χ2v) is 10.00. The van der Waals surface area contributed by atoms with Crippen LogP contribution >= 0.6 is 0 Å². The number of aliphatic hydroxyl groups excluding tert-OH is 3. The molecule has 0 radical (unpaired) electrons. The molecule has 208 valence electrons. The summed E-state index contributed by atoms with van der Waals surface area (Å²) in [5.74, 6) is -1.74. The highest BCUT2D eigenvalue weighted by atomic mass is 16.7. The summed E-state index contributed by atoms with van der Waals surface area (Å²) in [6.45, 7) is 5.03. The number of esters is 2. The monoisotopic (exact) mass is 544 g/mol. The molecule has 2 heterocycles. The summed E-state index contributed by atoms with van der Waals surface area (Å²) in [6, 6.07) is 8.38. The molecule has 1 fully saturated rings. The first-order valence-electron chi connectivity index (χ1n) is 11.9. The Morgan fingerprint density at radius 1 is 0.949 bits per heavy atom. The molecule has 12 nitrogen and oxygen atoms in total. The molecule has 1 aliphatic rings. The van der Waals surface area contributed by atoms with Crippen LogP contribution in [0.1, 0.15) is 20.8 Å². The minimum Gasteiger partial charge on any atom is -0.507 e. The molecule has 1 saturated heterocycles. The first-order chi connectivity index (χ1) is 18.3. The predicted molar refractivity (Wildman–Crippen MR) is 134 cm³/mol. The van der Waals surface area contributed by atoms with Gasteiger partial charge in [-0.25, -0.2) is 4.79 Å². The summed E-state index contributed by atoms with van der Waals surface area (Å²) < 4.78 is 26.3. The lowest BCUT2D eigenvalue weighted by Gasteiger charge is -2.38. The molecule has 4 N–H and O–H groups in total. The molecule has 3 aromatic rings. The Bertz CT molecular complexity index is 1440. The summed E-state index contributed by atoms with van der Waals surface area (Å²) >= 11 is 0. The van der Waals surface area contributed by atoms with Crippen LogP contribution in [-0.2, 0) is 19.1 Å². The number of ether oxygens (including phenoxy) is 4. The number of phenols is 1. The first-order valence-corrected chi connectivity index (χ1v) is 11.9. The van der Waals surface area contributed by atoms with Crippen LogP contribution in [0.2, 0.25) is 0 Å². The highest BCUT2D eigenvalue weighted by Crippen LogP contribution is 2.32. The highest BCUT2D eigenvalue weighted by molar-refractivity contribution is 5.89. The van der Waals surface area contributed by atoms with E-state index in [4.69, 9.17) is 18.6 Å². The zero-order chi connectivity index (χ0) is 28.6. The fraction of sp³-hybridized carbons (Fsp3) is 0.370. The van der Waals surface area contributed by atoms with E-state index in [9.17, 15) is 34.8 Å². The quantitative estimate of drug-likeness (QED) is 0.269. The van der Waals surface area contributed by atoms with Crippen LogP contribution in [0.3, 0.4) is 0 Å². The van der Waals surface area contributed by atoms with Crippen molar-refractivity contribution in [3.8, 4) is 28.4 Å². The van der Waals surface area contributed by atoms with Gasteiger partial charge < -0.3 is 43.8 Å². The Morgan fingerprint density at radius 2 is 1.62 bits per heavy atom. The number of rotatable bonds is 5. The number of phenolic OH excluding ortho intramolecular Hbond substituents is 1. The number of hydrogen-bond acceptors (Lipinski definition) is 12. The molecule has 0 bridgehead atoms. The third-order valence-electron chi connectivity index (χ3n) is 6.07. The zero-order valence-electron chi connectivity index (χ0n) is 21.5. The normalized spacial score (nSPS) is 23.3. The Hall–Kier alpha value is -3.97. The number of hydrogen-bond donors (Lipinski definition) is 4. The highest BCUT2D eigenvalue weighted by Gasteiger charge is 2.48. The Morgan fingerprint density at radius 3 is 2.23 bits per heavy atom. The maximum atomic E-state index is 13.2. The maximum absolute atomic E-state index is 13.2. The summed E-state index contributed by atoms with van der Waals surface area (Å²) in [6.07, 6.45) is -7.03. The third kappa shape index (κ3) is 5.59. The van der Waals surface area contributed by atoms with Gasteiger partial charge in [-0.05, 0) is 38.5 Å². The van der Waals surface area contributed by atoms with Crippen molar-refractivity contribution in [2.24, 2.45) is 5.41 Å². The lowest BCUT2D eigenvalue weighted by atomic mass is 9.97. The molecule has 2 aromatic carbocycles. The molecule has 4 rings (SSSR count). The van der Waals surface area contributed by atoms with Gasteiger partial charge in [0.2, 0.25) is 11.7 Å². The minimum atomic E-state index is -1.74. The topological polar surface area (TPSA) is 182 Å². The summed E-state index contributed by atoms with van der Waals surface area (Å²) in [5.41, 5.74) is -0.795. The van der Waals surface area contributed by atoms with Crippen molar-refractivity contribution in [1.29, 1.82) is 0 Å². The van der Waals surface area contributed by atoms with Crippen molar-refractivity contribution in [1.82, 2.24) is 0 Å². The number of aliphatic hydroxyl groups is 3. The standard InChI is InChI=1S/C27H28O12/c1-27(2,3)26(34)38-14-9-16(28)18-17(10-14)36-11-15(19(18)29)12-5-7-13(8-6-12)37-25-22(32)20(30)21(31)23(39-25)24(33)35-4/h5-11,20-23,25,28,30-32H,1-4H3/t20-,21-,22+,23-,25+/m0/s1. The van der Waals surface area contributed by atoms with Crippen LogP contribution < -0.4 is 14.9 Å². The smallest absolute Gasteiger partial charge is 0.337 e. The van der Waals surface area contributed by atoms with Crippen molar-refractivity contribution in [2.75, 3.05) is 7.11 Å². The number of fused-ring (bicyclic) bond motifs is 1. The zero-order valence-corrected chi connectivity index (χ0v) is 21.5. The van der Waals surface area contributed by atoms with E-state index in [-0.39, 0.29) is 28.0 Å². The van der Waals surface area contributed by atoms with Crippen LogP contribution in [0, 0.1) is 5.41 Å². The summed E-state index contributed by atoms with van der Waals surface area (Å²) in [5, 5.41) is 40.7. The number of methoxy groups -OCH3 is 1. The van der Waals surface area contributed by atoms with Gasteiger partial charge in [0.15, 0.2) is 6.10 Å². The fourth-order valence-corrected chi connectivity index (χ4v) is 3.83. The Balaban J connectivity index is 1.57. The van der Waals surface area contributed by atoms with Gasteiger partial charge in [-0.15, -0.1) is 0 Å². The largest absolute Gasteiger partial charge is 0.507 e. The van der Waals surface area contributed by atoms with Crippen molar-refractivity contribution < 1.29 is 53.4 Å². The first kappa shape index (κ1) is 28.0. The number of carbonyl (C=O) groups is 2. The van der Waals surface area contributed by atoms with Crippen molar-refractivity contribution in [3.63, 3.8) is 0 Å². The molecule has 1 aliphatic heterocycles. The lowest BCUT2D eigenvalue weighted by molar-refractivity contribution is -0.271. The van der Waals surface area contributed by atoms with E-state index in [1.165, 1.54) is 36.6 Å². The van der Waals surface area contributed by atoms with Crippen LogP contribution in [-0.4, -0.2) is 70.2 Å². The van der Waals surface area contributed by atoms with E-state index in [1.54, 1.807) is 20.8 Å². The van der Waals surface area contributed by atoms with E-state index in [2.05, 4.69) is 4.74 Å². The van der Waals surface area contributed by atoms with Crippen molar-refractivity contribution in [3.05, 3.63) is 52.9 Å². The molecule has 5 atom stereocenters. The molecule has 0 unspecified atom stereocenters. The fourth-order valence-electron chi connectivity index (χ4n) is 3.83. The number of carbonyl (C=O) groups excluding carboxylic acids is 2. The molecular weight excluding hydrogens is 516 g/mol. The van der Waals surface area contributed by atoms with Gasteiger partial charge in [0, 0.05) is 12.1 Å². The van der Waals surface area contributed by atoms with E-state index >= 15 is 0 Å². The van der Waals surface area contributed by atoms with Gasteiger partial charge in [0.05, 0.1) is 18.1 Å². The van der Waals surface area contributed by atoms with Gasteiger partial charge in [-0.2, -0.15) is 0 Å². The maximum Gasteiger partial charge on any atom is 0.337 e. The molecule has 0 aliphatic carbocycles. The van der Waals surface area contributed by atoms with Gasteiger partial charge in [0.25, 0.3) is 0 Å². The molecule has 0 saturated carbocycles. The van der Waals surface area contributed by atoms with E-state index in [0.29, 0.717) is 5.56 Å². The third-order valence-corrected chi connectivity index (χ3v) is 6.07. The van der Waals surface area contributed by atoms with Crippen molar-refractivity contribution >= 4 is 22.9 Å². The summed E-state index contributed by atoms with van der Waals surface area (Å²) in [7, 11) is 1.08.